The molecule has 0 radical (unpaired) electrons. The minimum Gasteiger partial charge on any atom is -0.355 e. The first-order chi connectivity index (χ1) is 16.8. The van der Waals surface area contributed by atoms with Crippen LogP contribution in [0.15, 0.2) is 127 Å². The third kappa shape index (κ3) is 2.96. The van der Waals surface area contributed by atoms with E-state index >= 15 is 0 Å². The summed E-state index contributed by atoms with van der Waals surface area (Å²) in [7, 11) is 0. The van der Waals surface area contributed by atoms with Gasteiger partial charge in [-0.15, -0.1) is 0 Å². The molecule has 2 nitrogen and oxygen atoms in total. The Balaban J connectivity index is 1.25. The summed E-state index contributed by atoms with van der Waals surface area (Å²) in [6.07, 6.45) is 0. The number of aromatic amines is 1. The number of H-pyrrole nitrogens is 1. The zero-order chi connectivity index (χ0) is 22.5. The second kappa shape index (κ2) is 7.50. The lowest BCUT2D eigenvalue weighted by atomic mass is 10.0. The Bertz CT molecular complexity index is 1700. The van der Waals surface area contributed by atoms with E-state index in [-0.39, 0.29) is 0 Å². The van der Waals surface area contributed by atoms with E-state index in [1.165, 1.54) is 55.1 Å². The third-order valence-corrected chi connectivity index (χ3v) is 6.76. The molecule has 0 unspecified atom stereocenters. The van der Waals surface area contributed by atoms with Gasteiger partial charge in [0.1, 0.15) is 0 Å². The van der Waals surface area contributed by atoms with Crippen LogP contribution in [0.5, 0.6) is 0 Å². The highest BCUT2D eigenvalue weighted by molar-refractivity contribution is 6.09. The van der Waals surface area contributed by atoms with Gasteiger partial charge in [0.15, 0.2) is 0 Å². The van der Waals surface area contributed by atoms with Gasteiger partial charge in [0.2, 0.25) is 0 Å². The summed E-state index contributed by atoms with van der Waals surface area (Å²) in [4.78, 5) is 3.52. The summed E-state index contributed by atoms with van der Waals surface area (Å²) in [5.41, 5.74) is 9.59. The van der Waals surface area contributed by atoms with Crippen LogP contribution in [0.25, 0.3) is 60.8 Å². The zero-order valence-electron chi connectivity index (χ0n) is 18.6. The fourth-order valence-electron chi connectivity index (χ4n) is 5.07. The number of hydrogen-bond donors (Lipinski definition) is 1. The largest absolute Gasteiger partial charge is 0.355 e. The number of nitrogens with zero attached hydrogens (tertiary/aromatic N) is 1. The van der Waals surface area contributed by atoms with E-state index in [2.05, 4.69) is 137 Å². The van der Waals surface area contributed by atoms with Crippen molar-refractivity contribution in [2.45, 2.75) is 0 Å². The molecule has 2 aromatic heterocycles. The Kier molecular flexibility index (Phi) is 4.18. The maximum atomic E-state index is 3.52. The molecule has 5 aromatic carbocycles. The molecular weight excluding hydrogens is 412 g/mol. The van der Waals surface area contributed by atoms with Crippen molar-refractivity contribution in [3.8, 4) is 28.1 Å². The number of benzene rings is 5. The smallest absolute Gasteiger partial charge is 0.0541 e. The molecule has 0 fully saturated rings. The van der Waals surface area contributed by atoms with E-state index in [1.54, 1.807) is 0 Å². The highest BCUT2D eigenvalue weighted by Gasteiger charge is 2.11. The molecular formula is C32H22N2. The van der Waals surface area contributed by atoms with Crippen molar-refractivity contribution >= 4 is 32.7 Å². The maximum absolute atomic E-state index is 3.52. The molecule has 0 saturated carbocycles. The number of aromatic nitrogens is 2. The average molecular weight is 435 g/mol. The molecule has 7 rings (SSSR count). The van der Waals surface area contributed by atoms with Gasteiger partial charge in [-0.3, -0.25) is 0 Å². The summed E-state index contributed by atoms with van der Waals surface area (Å²) in [6.45, 7) is 0. The molecule has 0 aliphatic heterocycles. The first-order valence-corrected chi connectivity index (χ1v) is 11.6. The Morgan fingerprint density at radius 3 is 1.65 bits per heavy atom. The third-order valence-electron chi connectivity index (χ3n) is 6.76. The zero-order valence-corrected chi connectivity index (χ0v) is 18.6. The fourth-order valence-corrected chi connectivity index (χ4v) is 5.07. The summed E-state index contributed by atoms with van der Waals surface area (Å²) in [5, 5.41) is 3.81. The van der Waals surface area contributed by atoms with Crippen LogP contribution in [0, 0.1) is 0 Å². The first-order valence-electron chi connectivity index (χ1n) is 11.6. The van der Waals surface area contributed by atoms with Gasteiger partial charge < -0.3 is 9.55 Å². The van der Waals surface area contributed by atoms with Crippen molar-refractivity contribution in [1.82, 2.24) is 9.55 Å². The van der Waals surface area contributed by atoms with Gasteiger partial charge in [-0.2, -0.15) is 0 Å². The second-order valence-electron chi connectivity index (χ2n) is 8.76. The minimum atomic E-state index is 1.15. The highest BCUT2D eigenvalue weighted by Crippen LogP contribution is 2.33. The van der Waals surface area contributed by atoms with Gasteiger partial charge in [-0.25, -0.2) is 0 Å². The van der Waals surface area contributed by atoms with Crippen LogP contribution in [0.3, 0.4) is 0 Å². The molecule has 0 bridgehead atoms. The van der Waals surface area contributed by atoms with Crippen molar-refractivity contribution in [3.63, 3.8) is 0 Å². The lowest BCUT2D eigenvalue weighted by Gasteiger charge is -2.09. The average Bonchev–Trinajstić information content (AvgIpc) is 3.49. The predicted molar refractivity (Wildman–Crippen MR) is 144 cm³/mol. The number of hydrogen-bond acceptors (Lipinski definition) is 0. The number of fused-ring (bicyclic) bond motifs is 4. The van der Waals surface area contributed by atoms with E-state index < -0.39 is 0 Å². The molecule has 7 aromatic rings. The highest BCUT2D eigenvalue weighted by atomic mass is 15.0. The number of rotatable bonds is 3. The van der Waals surface area contributed by atoms with E-state index in [1.807, 2.05) is 0 Å². The van der Waals surface area contributed by atoms with E-state index in [9.17, 15) is 0 Å². The monoisotopic (exact) mass is 434 g/mol. The fraction of sp³-hybridized carbons (Fsp3) is 0. The molecule has 0 aliphatic carbocycles. The van der Waals surface area contributed by atoms with E-state index in [4.69, 9.17) is 0 Å². The molecule has 160 valence electrons. The van der Waals surface area contributed by atoms with Crippen LogP contribution in [0.2, 0.25) is 0 Å². The van der Waals surface area contributed by atoms with Crippen LogP contribution in [0.1, 0.15) is 0 Å². The summed E-state index contributed by atoms with van der Waals surface area (Å²) in [6, 6.07) is 45.6. The van der Waals surface area contributed by atoms with Crippen molar-refractivity contribution < 1.29 is 0 Å². The quantitative estimate of drug-likeness (QED) is 0.287. The van der Waals surface area contributed by atoms with Crippen molar-refractivity contribution in [1.29, 1.82) is 0 Å². The van der Waals surface area contributed by atoms with E-state index in [0.717, 1.165) is 5.69 Å². The van der Waals surface area contributed by atoms with Crippen molar-refractivity contribution in [2.24, 2.45) is 0 Å². The minimum absolute atomic E-state index is 1.15. The number of nitrogens with one attached hydrogen (secondary N) is 1. The van der Waals surface area contributed by atoms with Crippen LogP contribution in [0.4, 0.5) is 0 Å². The van der Waals surface area contributed by atoms with Crippen LogP contribution < -0.4 is 0 Å². The van der Waals surface area contributed by atoms with Gasteiger partial charge in [0.05, 0.1) is 11.0 Å². The summed E-state index contributed by atoms with van der Waals surface area (Å²) in [5.74, 6) is 0. The lowest BCUT2D eigenvalue weighted by molar-refractivity contribution is 1.18. The summed E-state index contributed by atoms with van der Waals surface area (Å²) >= 11 is 0. The van der Waals surface area contributed by atoms with Gasteiger partial charge >= 0.3 is 0 Å². The van der Waals surface area contributed by atoms with Gasteiger partial charge in [-0.05, 0) is 53.1 Å². The molecule has 2 heterocycles. The van der Waals surface area contributed by atoms with Gasteiger partial charge in [0.25, 0.3) is 0 Å². The molecule has 0 amide bonds. The van der Waals surface area contributed by atoms with E-state index in [0.29, 0.717) is 0 Å². The molecule has 1 N–H and O–H groups in total. The Hall–Kier alpha value is -4.56. The van der Waals surface area contributed by atoms with Crippen LogP contribution >= 0.6 is 0 Å². The molecule has 0 atom stereocenters. The molecule has 34 heavy (non-hydrogen) atoms. The van der Waals surface area contributed by atoms with Gasteiger partial charge in [-0.1, -0.05) is 91.0 Å². The Labute approximate surface area is 197 Å². The Morgan fingerprint density at radius 1 is 0.471 bits per heavy atom. The van der Waals surface area contributed by atoms with Gasteiger partial charge in [0, 0.05) is 33.1 Å². The molecule has 0 spiro atoms. The SMILES string of the molecule is c1ccc2[nH]c(-c3ccc(-c4ccc(-n5c6ccccc6c6ccccc65)cc4)cc3)cc2c1. The molecule has 0 aliphatic rings. The molecule has 2 heteroatoms. The number of para-hydroxylation sites is 3. The maximum Gasteiger partial charge on any atom is 0.0541 e. The topological polar surface area (TPSA) is 20.7 Å². The second-order valence-corrected chi connectivity index (χ2v) is 8.76. The van der Waals surface area contributed by atoms with Crippen LogP contribution in [-0.4, -0.2) is 9.55 Å². The standard InChI is InChI=1S/C32H22N2/c1-4-10-29-25(7-1)21-30(33-29)24-15-13-22(14-16-24)23-17-19-26(20-18-23)34-31-11-5-2-8-27(31)28-9-3-6-12-32(28)34/h1-21,33H. The van der Waals surface area contributed by atoms with Crippen molar-refractivity contribution in [2.75, 3.05) is 0 Å². The normalized spacial score (nSPS) is 11.5. The molecule has 0 saturated heterocycles. The Morgan fingerprint density at radius 2 is 1.00 bits per heavy atom. The summed E-state index contributed by atoms with van der Waals surface area (Å²) < 4.78 is 2.35. The van der Waals surface area contributed by atoms with Crippen LogP contribution in [-0.2, 0) is 0 Å². The first kappa shape index (κ1) is 19.0. The lowest BCUT2D eigenvalue weighted by Crippen LogP contribution is -1.93. The van der Waals surface area contributed by atoms with Crippen molar-refractivity contribution in [3.05, 3.63) is 127 Å². The predicted octanol–water partition coefficient (Wildman–Crippen LogP) is 8.60.